The fourth-order valence-electron chi connectivity index (χ4n) is 0.352. The molecule has 52 valence electrons. The van der Waals surface area contributed by atoms with Crippen molar-refractivity contribution in [2.45, 2.75) is 19.6 Å². The van der Waals surface area contributed by atoms with Crippen LogP contribution in [0.15, 0.2) is 0 Å². The lowest BCUT2D eigenvalue weighted by Gasteiger charge is -1.98. The Morgan fingerprint density at radius 3 is 2.56 bits per heavy atom. The van der Waals surface area contributed by atoms with Crippen LogP contribution in [0.1, 0.15) is 13.8 Å². The molecule has 4 heteroatoms. The SMILES string of the molecule is CC(=O)OCC1(C)OO1. The van der Waals surface area contributed by atoms with Gasteiger partial charge < -0.3 is 4.74 Å². The normalized spacial score (nSPS) is 21.1. The third kappa shape index (κ3) is 1.99. The van der Waals surface area contributed by atoms with Gasteiger partial charge in [0, 0.05) is 6.92 Å². The van der Waals surface area contributed by atoms with E-state index in [1.165, 1.54) is 6.92 Å². The van der Waals surface area contributed by atoms with Gasteiger partial charge in [0.15, 0.2) is 6.61 Å². The van der Waals surface area contributed by atoms with Gasteiger partial charge in [0.25, 0.3) is 5.79 Å². The summed E-state index contributed by atoms with van der Waals surface area (Å²) in [5.74, 6) is -0.985. The van der Waals surface area contributed by atoms with Gasteiger partial charge in [-0.15, -0.1) is 0 Å². The van der Waals surface area contributed by atoms with E-state index in [1.54, 1.807) is 6.92 Å². The molecule has 1 aliphatic heterocycles. The average Bonchev–Trinajstić information content (AvgIpc) is 2.45. The highest BCUT2D eigenvalue weighted by Gasteiger charge is 2.44. The molecule has 0 unspecified atom stereocenters. The minimum atomic E-state index is -0.661. The molecule has 0 spiro atoms. The van der Waals surface area contributed by atoms with Crippen molar-refractivity contribution >= 4 is 5.97 Å². The molecule has 0 atom stereocenters. The topological polar surface area (TPSA) is 51.4 Å². The Morgan fingerprint density at radius 2 is 2.22 bits per heavy atom. The third-order valence-electron chi connectivity index (χ3n) is 0.905. The van der Waals surface area contributed by atoms with Crippen molar-refractivity contribution in [3.8, 4) is 0 Å². The second-order valence-electron chi connectivity index (χ2n) is 2.08. The molecule has 4 nitrogen and oxygen atoms in total. The minimum Gasteiger partial charge on any atom is -0.460 e. The maximum atomic E-state index is 10.2. The standard InChI is InChI=1S/C5H8O4/c1-4(6)7-3-5(2)8-9-5/h3H2,1-2H3. The van der Waals surface area contributed by atoms with Gasteiger partial charge in [-0.05, 0) is 6.92 Å². The van der Waals surface area contributed by atoms with Crippen LogP contribution in [-0.2, 0) is 19.3 Å². The molecule has 1 fully saturated rings. The monoisotopic (exact) mass is 132 g/mol. The first-order chi connectivity index (χ1) is 4.12. The molecule has 0 aromatic rings. The maximum absolute atomic E-state index is 10.2. The zero-order valence-electron chi connectivity index (χ0n) is 5.34. The van der Waals surface area contributed by atoms with Gasteiger partial charge >= 0.3 is 5.97 Å². The summed E-state index contributed by atoms with van der Waals surface area (Å²) in [6, 6.07) is 0. The van der Waals surface area contributed by atoms with Gasteiger partial charge in [-0.25, -0.2) is 0 Å². The van der Waals surface area contributed by atoms with Gasteiger partial charge in [-0.1, -0.05) is 0 Å². The Bertz CT molecular complexity index is 127. The van der Waals surface area contributed by atoms with E-state index in [0.29, 0.717) is 0 Å². The van der Waals surface area contributed by atoms with Crippen LogP contribution in [0.2, 0.25) is 0 Å². The summed E-state index contributed by atoms with van der Waals surface area (Å²) in [6.45, 7) is 3.20. The second-order valence-corrected chi connectivity index (χ2v) is 2.08. The predicted molar refractivity (Wildman–Crippen MR) is 27.2 cm³/mol. The largest absolute Gasteiger partial charge is 0.460 e. The Morgan fingerprint density at radius 1 is 1.67 bits per heavy atom. The predicted octanol–water partition coefficient (Wildman–Crippen LogP) is 0.227. The van der Waals surface area contributed by atoms with E-state index in [2.05, 4.69) is 14.5 Å². The van der Waals surface area contributed by atoms with Gasteiger partial charge in [0.2, 0.25) is 0 Å². The van der Waals surface area contributed by atoms with Crippen LogP contribution < -0.4 is 0 Å². The molecular weight excluding hydrogens is 124 g/mol. The number of hydrogen-bond acceptors (Lipinski definition) is 4. The second kappa shape index (κ2) is 1.97. The molecule has 1 heterocycles. The molecule has 0 aromatic heterocycles. The average molecular weight is 132 g/mol. The number of esters is 1. The van der Waals surface area contributed by atoms with Crippen molar-refractivity contribution in [1.82, 2.24) is 0 Å². The van der Waals surface area contributed by atoms with Gasteiger partial charge in [-0.2, -0.15) is 9.78 Å². The van der Waals surface area contributed by atoms with Crippen molar-refractivity contribution in [3.63, 3.8) is 0 Å². The van der Waals surface area contributed by atoms with E-state index in [9.17, 15) is 4.79 Å². The lowest BCUT2D eigenvalue weighted by atomic mass is 10.4. The van der Waals surface area contributed by atoms with Gasteiger partial charge in [0.05, 0.1) is 0 Å². The van der Waals surface area contributed by atoms with Gasteiger partial charge in [0.1, 0.15) is 0 Å². The Labute approximate surface area is 52.6 Å². The van der Waals surface area contributed by atoms with Crippen molar-refractivity contribution in [3.05, 3.63) is 0 Å². The van der Waals surface area contributed by atoms with Crippen molar-refractivity contribution < 1.29 is 19.3 Å². The smallest absolute Gasteiger partial charge is 0.302 e. The van der Waals surface area contributed by atoms with Crippen molar-refractivity contribution in [2.75, 3.05) is 6.61 Å². The molecule has 0 saturated carbocycles. The molecule has 0 aromatic carbocycles. The molecule has 0 aliphatic carbocycles. The lowest BCUT2D eigenvalue weighted by molar-refractivity contribution is -0.142. The highest BCUT2D eigenvalue weighted by molar-refractivity contribution is 5.65. The van der Waals surface area contributed by atoms with Crippen LogP contribution in [0.3, 0.4) is 0 Å². The van der Waals surface area contributed by atoms with Crippen LogP contribution in [0, 0.1) is 0 Å². The summed E-state index contributed by atoms with van der Waals surface area (Å²) in [6.07, 6.45) is 0. The zero-order chi connectivity index (χ0) is 6.91. The number of hydrogen-bond donors (Lipinski definition) is 0. The summed E-state index contributed by atoms with van der Waals surface area (Å²) in [5, 5.41) is 0. The summed E-state index contributed by atoms with van der Waals surface area (Å²) >= 11 is 0. The molecule has 9 heavy (non-hydrogen) atoms. The number of carbonyl (C=O) groups is 1. The highest BCUT2D eigenvalue weighted by atomic mass is 17.4. The van der Waals surface area contributed by atoms with Crippen LogP contribution >= 0.6 is 0 Å². The lowest BCUT2D eigenvalue weighted by Crippen LogP contribution is -2.15. The van der Waals surface area contributed by atoms with E-state index in [-0.39, 0.29) is 12.6 Å². The highest BCUT2D eigenvalue weighted by Crippen LogP contribution is 2.28. The minimum absolute atomic E-state index is 0.169. The first-order valence-electron chi connectivity index (χ1n) is 2.63. The molecule has 0 N–H and O–H groups in total. The van der Waals surface area contributed by atoms with E-state index in [0.717, 1.165) is 0 Å². The number of rotatable bonds is 2. The third-order valence-corrected chi connectivity index (χ3v) is 0.905. The molecule has 1 rings (SSSR count). The van der Waals surface area contributed by atoms with E-state index in [1.807, 2.05) is 0 Å². The number of ether oxygens (including phenoxy) is 1. The first kappa shape index (κ1) is 6.51. The van der Waals surface area contributed by atoms with Crippen molar-refractivity contribution in [1.29, 1.82) is 0 Å². The van der Waals surface area contributed by atoms with Crippen LogP contribution in [0.25, 0.3) is 0 Å². The maximum Gasteiger partial charge on any atom is 0.302 e. The summed E-state index contributed by atoms with van der Waals surface area (Å²) in [5.41, 5.74) is 0. The molecule has 1 saturated heterocycles. The fraction of sp³-hybridized carbons (Fsp3) is 0.800. The molecular formula is C5H8O4. The van der Waals surface area contributed by atoms with Gasteiger partial charge in [-0.3, -0.25) is 4.79 Å². The van der Waals surface area contributed by atoms with Crippen molar-refractivity contribution in [2.24, 2.45) is 0 Å². The first-order valence-corrected chi connectivity index (χ1v) is 2.63. The molecule has 0 amide bonds. The molecule has 0 radical (unpaired) electrons. The summed E-state index contributed by atoms with van der Waals surface area (Å²) < 4.78 is 4.58. The quantitative estimate of drug-likeness (QED) is 0.306. The summed E-state index contributed by atoms with van der Waals surface area (Å²) in [7, 11) is 0. The molecule has 0 bridgehead atoms. The van der Waals surface area contributed by atoms with Crippen LogP contribution in [0.5, 0.6) is 0 Å². The van der Waals surface area contributed by atoms with Crippen LogP contribution in [-0.4, -0.2) is 18.4 Å². The van der Waals surface area contributed by atoms with Crippen LogP contribution in [0.4, 0.5) is 0 Å². The Balaban J connectivity index is 2.12. The zero-order valence-corrected chi connectivity index (χ0v) is 5.34. The summed E-state index contributed by atoms with van der Waals surface area (Å²) in [4.78, 5) is 19.1. The fourth-order valence-corrected chi connectivity index (χ4v) is 0.352. The van der Waals surface area contributed by atoms with E-state index in [4.69, 9.17) is 0 Å². The molecule has 1 aliphatic rings. The van der Waals surface area contributed by atoms with E-state index >= 15 is 0 Å². The Hall–Kier alpha value is -0.610. The Kier molecular flexibility index (Phi) is 1.42. The van der Waals surface area contributed by atoms with E-state index < -0.39 is 5.79 Å². The number of carbonyl (C=O) groups excluding carboxylic acids is 1.